The summed E-state index contributed by atoms with van der Waals surface area (Å²) in [5.41, 5.74) is 0.223. The van der Waals surface area contributed by atoms with Gasteiger partial charge < -0.3 is 4.74 Å². The first-order chi connectivity index (χ1) is 3.77. The SMILES string of the molecule is CC1(CI)CCCO1. The van der Waals surface area contributed by atoms with Crippen LogP contribution in [0, 0.1) is 0 Å². The maximum atomic E-state index is 5.48. The number of rotatable bonds is 1. The van der Waals surface area contributed by atoms with E-state index in [0.717, 1.165) is 11.0 Å². The van der Waals surface area contributed by atoms with Crippen LogP contribution in [0.1, 0.15) is 19.8 Å². The zero-order valence-corrected chi connectivity index (χ0v) is 7.27. The molecule has 0 radical (unpaired) electrons. The third kappa shape index (κ3) is 1.35. The topological polar surface area (TPSA) is 9.23 Å². The molecule has 0 aromatic heterocycles. The van der Waals surface area contributed by atoms with Gasteiger partial charge in [0.15, 0.2) is 0 Å². The van der Waals surface area contributed by atoms with Crippen molar-refractivity contribution in [1.29, 1.82) is 0 Å². The fourth-order valence-corrected chi connectivity index (χ4v) is 1.54. The van der Waals surface area contributed by atoms with Crippen molar-refractivity contribution >= 4 is 22.6 Å². The molecule has 0 bridgehead atoms. The first-order valence-corrected chi connectivity index (χ1v) is 4.49. The van der Waals surface area contributed by atoms with E-state index in [1.165, 1.54) is 12.8 Å². The summed E-state index contributed by atoms with van der Waals surface area (Å²) in [5.74, 6) is 0. The Hall–Kier alpha value is 0.690. The van der Waals surface area contributed by atoms with Crippen LogP contribution in [0.5, 0.6) is 0 Å². The van der Waals surface area contributed by atoms with Crippen molar-refractivity contribution in [3.63, 3.8) is 0 Å². The van der Waals surface area contributed by atoms with E-state index in [9.17, 15) is 0 Å². The molecule has 0 N–H and O–H groups in total. The molecule has 0 saturated carbocycles. The Kier molecular flexibility index (Phi) is 2.14. The maximum Gasteiger partial charge on any atom is 0.0744 e. The first kappa shape index (κ1) is 6.81. The maximum absolute atomic E-state index is 5.48. The van der Waals surface area contributed by atoms with Gasteiger partial charge in [0, 0.05) is 11.0 Å². The Balaban J connectivity index is 2.40. The van der Waals surface area contributed by atoms with Gasteiger partial charge in [0.25, 0.3) is 0 Å². The van der Waals surface area contributed by atoms with Crippen LogP contribution in [-0.4, -0.2) is 16.6 Å². The van der Waals surface area contributed by atoms with Gasteiger partial charge >= 0.3 is 0 Å². The highest BCUT2D eigenvalue weighted by Crippen LogP contribution is 2.26. The standard InChI is InChI=1S/C6H11IO/c1-6(5-7)3-2-4-8-6/h2-5H2,1H3. The summed E-state index contributed by atoms with van der Waals surface area (Å²) in [6.45, 7) is 3.16. The van der Waals surface area contributed by atoms with Crippen LogP contribution in [-0.2, 0) is 4.74 Å². The number of halogens is 1. The monoisotopic (exact) mass is 226 g/mol. The average molecular weight is 226 g/mol. The summed E-state index contributed by atoms with van der Waals surface area (Å²) in [7, 11) is 0. The smallest absolute Gasteiger partial charge is 0.0744 e. The molecule has 0 amide bonds. The van der Waals surface area contributed by atoms with Gasteiger partial charge in [0.1, 0.15) is 0 Å². The lowest BCUT2D eigenvalue weighted by atomic mass is 10.1. The van der Waals surface area contributed by atoms with E-state index in [-0.39, 0.29) is 5.60 Å². The molecule has 1 rings (SSSR count). The number of hydrogen-bond acceptors (Lipinski definition) is 1. The second-order valence-electron chi connectivity index (χ2n) is 2.54. The van der Waals surface area contributed by atoms with Crippen LogP contribution >= 0.6 is 22.6 Å². The van der Waals surface area contributed by atoms with Crippen molar-refractivity contribution < 1.29 is 4.74 Å². The van der Waals surface area contributed by atoms with Crippen LogP contribution in [0.2, 0.25) is 0 Å². The summed E-state index contributed by atoms with van der Waals surface area (Å²) in [6.07, 6.45) is 2.50. The van der Waals surface area contributed by atoms with Gasteiger partial charge in [-0.25, -0.2) is 0 Å². The highest BCUT2D eigenvalue weighted by Gasteiger charge is 2.27. The Morgan fingerprint density at radius 1 is 1.75 bits per heavy atom. The normalized spacial score (nSPS) is 38.2. The molecule has 1 heterocycles. The van der Waals surface area contributed by atoms with E-state index >= 15 is 0 Å². The average Bonchev–Trinajstić information content (AvgIpc) is 2.17. The van der Waals surface area contributed by atoms with Gasteiger partial charge in [0.2, 0.25) is 0 Å². The molecular formula is C6H11IO. The second-order valence-corrected chi connectivity index (χ2v) is 3.30. The van der Waals surface area contributed by atoms with E-state index in [4.69, 9.17) is 4.74 Å². The van der Waals surface area contributed by atoms with Crippen LogP contribution in [0.15, 0.2) is 0 Å². The largest absolute Gasteiger partial charge is 0.374 e. The van der Waals surface area contributed by atoms with E-state index < -0.39 is 0 Å². The molecule has 1 aliphatic rings. The summed E-state index contributed by atoms with van der Waals surface area (Å²) < 4.78 is 6.61. The lowest BCUT2D eigenvalue weighted by Gasteiger charge is -2.18. The predicted octanol–water partition coefficient (Wildman–Crippen LogP) is 1.99. The molecule has 48 valence electrons. The zero-order valence-electron chi connectivity index (χ0n) is 5.11. The molecule has 0 aromatic carbocycles. The minimum absolute atomic E-state index is 0.223. The summed E-state index contributed by atoms with van der Waals surface area (Å²) in [6, 6.07) is 0. The van der Waals surface area contributed by atoms with Gasteiger partial charge in [-0.3, -0.25) is 0 Å². The molecule has 2 heteroatoms. The van der Waals surface area contributed by atoms with Crippen LogP contribution < -0.4 is 0 Å². The summed E-state index contributed by atoms with van der Waals surface area (Å²) >= 11 is 2.38. The highest BCUT2D eigenvalue weighted by molar-refractivity contribution is 14.1. The van der Waals surface area contributed by atoms with Crippen molar-refractivity contribution in [2.24, 2.45) is 0 Å². The third-order valence-corrected chi connectivity index (χ3v) is 3.20. The predicted molar refractivity (Wildman–Crippen MR) is 42.5 cm³/mol. The van der Waals surface area contributed by atoms with Crippen LogP contribution in [0.3, 0.4) is 0 Å². The van der Waals surface area contributed by atoms with Gasteiger partial charge in [-0.1, -0.05) is 22.6 Å². The lowest BCUT2D eigenvalue weighted by molar-refractivity contribution is 0.0432. The molecule has 8 heavy (non-hydrogen) atoms. The fourth-order valence-electron chi connectivity index (χ4n) is 0.942. The van der Waals surface area contributed by atoms with Crippen LogP contribution in [0.4, 0.5) is 0 Å². The van der Waals surface area contributed by atoms with Crippen molar-refractivity contribution in [3.05, 3.63) is 0 Å². The van der Waals surface area contributed by atoms with E-state index in [1.54, 1.807) is 0 Å². The molecule has 1 atom stereocenters. The van der Waals surface area contributed by atoms with Crippen molar-refractivity contribution in [2.75, 3.05) is 11.0 Å². The number of hydrogen-bond donors (Lipinski definition) is 0. The lowest BCUT2D eigenvalue weighted by Crippen LogP contribution is -2.24. The molecule has 0 spiro atoms. The van der Waals surface area contributed by atoms with Gasteiger partial charge in [-0.2, -0.15) is 0 Å². The molecule has 0 aliphatic carbocycles. The minimum Gasteiger partial charge on any atom is -0.374 e. The Bertz CT molecular complexity index is 76.6. The Morgan fingerprint density at radius 3 is 2.75 bits per heavy atom. The molecule has 1 saturated heterocycles. The van der Waals surface area contributed by atoms with Gasteiger partial charge in [0.05, 0.1) is 5.60 Å². The molecule has 1 aliphatic heterocycles. The van der Waals surface area contributed by atoms with Crippen molar-refractivity contribution in [1.82, 2.24) is 0 Å². The van der Waals surface area contributed by atoms with Crippen LogP contribution in [0.25, 0.3) is 0 Å². The molecular weight excluding hydrogens is 215 g/mol. The molecule has 1 nitrogen and oxygen atoms in total. The first-order valence-electron chi connectivity index (χ1n) is 2.97. The van der Waals surface area contributed by atoms with E-state index in [2.05, 4.69) is 29.5 Å². The summed E-state index contributed by atoms with van der Waals surface area (Å²) in [5, 5.41) is 0. The highest BCUT2D eigenvalue weighted by atomic mass is 127. The van der Waals surface area contributed by atoms with E-state index in [1.807, 2.05) is 0 Å². The molecule has 1 unspecified atom stereocenters. The number of ether oxygens (including phenoxy) is 1. The van der Waals surface area contributed by atoms with Gasteiger partial charge in [-0.05, 0) is 19.8 Å². The summed E-state index contributed by atoms with van der Waals surface area (Å²) in [4.78, 5) is 0. The minimum atomic E-state index is 0.223. The Morgan fingerprint density at radius 2 is 2.50 bits per heavy atom. The fraction of sp³-hybridized carbons (Fsp3) is 1.00. The van der Waals surface area contributed by atoms with E-state index in [0.29, 0.717) is 0 Å². The zero-order chi connectivity index (χ0) is 6.04. The van der Waals surface area contributed by atoms with Gasteiger partial charge in [-0.15, -0.1) is 0 Å². The molecule has 1 fully saturated rings. The quantitative estimate of drug-likeness (QED) is 0.490. The van der Waals surface area contributed by atoms with Crippen molar-refractivity contribution in [3.8, 4) is 0 Å². The molecule has 0 aromatic rings. The number of alkyl halides is 1. The second kappa shape index (κ2) is 2.52. The Labute approximate surface area is 63.9 Å². The van der Waals surface area contributed by atoms with Crippen molar-refractivity contribution in [2.45, 2.75) is 25.4 Å². The third-order valence-electron chi connectivity index (χ3n) is 1.58.